The maximum absolute atomic E-state index is 5.16. The molecule has 0 aliphatic heterocycles. The van der Waals surface area contributed by atoms with Gasteiger partial charge in [0.25, 0.3) is 0 Å². The van der Waals surface area contributed by atoms with E-state index in [9.17, 15) is 0 Å². The van der Waals surface area contributed by atoms with Crippen molar-refractivity contribution >= 4 is 29.9 Å². The second kappa shape index (κ2) is 13.0. The highest BCUT2D eigenvalue weighted by Gasteiger charge is 2.13. The Labute approximate surface area is 195 Å². The molecule has 3 aromatic rings. The van der Waals surface area contributed by atoms with Crippen LogP contribution in [0.1, 0.15) is 42.1 Å². The van der Waals surface area contributed by atoms with Crippen LogP contribution in [0.4, 0.5) is 0 Å². The molecule has 1 heterocycles. The minimum atomic E-state index is 0. The van der Waals surface area contributed by atoms with Crippen LogP contribution in [-0.2, 0) is 6.42 Å². The van der Waals surface area contributed by atoms with Crippen LogP contribution < -0.4 is 10.6 Å². The van der Waals surface area contributed by atoms with Crippen molar-refractivity contribution in [2.45, 2.75) is 32.6 Å². The Hall–Kier alpha value is -2.42. The van der Waals surface area contributed by atoms with Crippen LogP contribution >= 0.6 is 24.0 Å². The van der Waals surface area contributed by atoms with Crippen molar-refractivity contribution in [3.8, 4) is 0 Å². The molecule has 7 heteroatoms. The van der Waals surface area contributed by atoms with Gasteiger partial charge in [0, 0.05) is 32.0 Å². The Kier molecular flexibility index (Phi) is 10.3. The minimum absolute atomic E-state index is 0. The predicted molar refractivity (Wildman–Crippen MR) is 131 cm³/mol. The molecule has 2 aromatic carbocycles. The first-order valence-electron chi connectivity index (χ1n) is 10.2. The van der Waals surface area contributed by atoms with Crippen molar-refractivity contribution in [3.05, 3.63) is 83.5 Å². The quantitative estimate of drug-likeness (QED) is 0.250. The number of benzene rings is 2. The van der Waals surface area contributed by atoms with Crippen LogP contribution in [0.2, 0.25) is 0 Å². The van der Waals surface area contributed by atoms with Crippen molar-refractivity contribution in [2.24, 2.45) is 4.99 Å². The molecule has 3 rings (SSSR count). The van der Waals surface area contributed by atoms with E-state index >= 15 is 0 Å². The third-order valence-electron chi connectivity index (χ3n) is 4.64. The summed E-state index contributed by atoms with van der Waals surface area (Å²) in [5.41, 5.74) is 2.64. The number of rotatable bonds is 9. The Bertz CT molecular complexity index is 843. The fourth-order valence-corrected chi connectivity index (χ4v) is 3.27. The van der Waals surface area contributed by atoms with Gasteiger partial charge in [0.05, 0.1) is 0 Å². The summed E-state index contributed by atoms with van der Waals surface area (Å²) in [6.45, 7) is 6.11. The first-order chi connectivity index (χ1) is 14.3. The molecule has 6 nitrogen and oxygen atoms in total. The lowest BCUT2D eigenvalue weighted by molar-refractivity contribution is 0.374. The summed E-state index contributed by atoms with van der Waals surface area (Å²) in [4.78, 5) is 9.00. The summed E-state index contributed by atoms with van der Waals surface area (Å²) in [6, 6.07) is 21.3. The van der Waals surface area contributed by atoms with Crippen LogP contribution in [0.5, 0.6) is 0 Å². The first kappa shape index (κ1) is 23.9. The highest BCUT2D eigenvalue weighted by Crippen LogP contribution is 2.27. The molecule has 0 radical (unpaired) electrons. The number of nitrogens with one attached hydrogen (secondary N) is 2. The average molecular weight is 519 g/mol. The van der Waals surface area contributed by atoms with E-state index in [1.807, 2.05) is 6.92 Å². The van der Waals surface area contributed by atoms with Gasteiger partial charge in [-0.15, -0.1) is 24.0 Å². The van der Waals surface area contributed by atoms with Gasteiger partial charge >= 0.3 is 0 Å². The maximum atomic E-state index is 5.16. The molecule has 1 aromatic heterocycles. The zero-order valence-corrected chi connectivity index (χ0v) is 19.9. The van der Waals surface area contributed by atoms with Gasteiger partial charge < -0.3 is 15.2 Å². The monoisotopic (exact) mass is 519 g/mol. The van der Waals surface area contributed by atoms with E-state index in [1.54, 1.807) is 0 Å². The molecular weight excluding hydrogens is 489 g/mol. The van der Waals surface area contributed by atoms with Crippen LogP contribution in [0.15, 0.2) is 70.2 Å². The Balaban J connectivity index is 0.00000320. The van der Waals surface area contributed by atoms with E-state index in [0.717, 1.165) is 25.5 Å². The zero-order valence-electron chi connectivity index (χ0n) is 17.5. The molecule has 0 atom stereocenters. The highest BCUT2D eigenvalue weighted by atomic mass is 127. The van der Waals surface area contributed by atoms with Gasteiger partial charge in [-0.1, -0.05) is 65.8 Å². The second-order valence-corrected chi connectivity index (χ2v) is 6.84. The van der Waals surface area contributed by atoms with E-state index in [0.29, 0.717) is 30.6 Å². The molecule has 2 N–H and O–H groups in total. The molecule has 0 aliphatic rings. The van der Waals surface area contributed by atoms with Crippen LogP contribution in [-0.4, -0.2) is 35.7 Å². The number of hydrogen-bond donors (Lipinski definition) is 2. The van der Waals surface area contributed by atoms with Gasteiger partial charge in [-0.2, -0.15) is 4.98 Å². The SMILES string of the molecule is CCNC(=NCCC(c1ccccc1)c1ccccc1)NCCc1nc(C)no1.I. The summed E-state index contributed by atoms with van der Waals surface area (Å²) in [5, 5.41) is 10.5. The normalized spacial score (nSPS) is 11.2. The van der Waals surface area contributed by atoms with Crippen LogP contribution in [0, 0.1) is 6.92 Å². The van der Waals surface area contributed by atoms with Crippen molar-refractivity contribution in [1.29, 1.82) is 0 Å². The molecule has 0 fully saturated rings. The standard InChI is InChI=1S/C23H29N5O.HI/c1-3-24-23(26-17-15-22-27-18(2)28-29-22)25-16-14-21(19-10-6-4-7-11-19)20-12-8-5-9-13-20;/h4-13,21H,3,14-17H2,1-2H3,(H2,24,25,26);1H. The fourth-order valence-electron chi connectivity index (χ4n) is 3.27. The van der Waals surface area contributed by atoms with Crippen LogP contribution in [0.25, 0.3) is 0 Å². The third-order valence-corrected chi connectivity index (χ3v) is 4.64. The van der Waals surface area contributed by atoms with Gasteiger partial charge in [-0.25, -0.2) is 0 Å². The molecule has 0 saturated carbocycles. The second-order valence-electron chi connectivity index (χ2n) is 6.84. The average Bonchev–Trinajstić information content (AvgIpc) is 3.17. The lowest BCUT2D eigenvalue weighted by Crippen LogP contribution is -2.38. The van der Waals surface area contributed by atoms with Crippen LogP contribution in [0.3, 0.4) is 0 Å². The molecule has 0 saturated heterocycles. The molecule has 160 valence electrons. The third kappa shape index (κ3) is 7.44. The van der Waals surface area contributed by atoms with Gasteiger partial charge in [0.2, 0.25) is 5.89 Å². The number of aromatic nitrogens is 2. The Morgan fingerprint density at radius 2 is 1.63 bits per heavy atom. The smallest absolute Gasteiger partial charge is 0.228 e. The molecule has 0 spiro atoms. The number of hydrogen-bond acceptors (Lipinski definition) is 4. The highest BCUT2D eigenvalue weighted by molar-refractivity contribution is 14.0. The van der Waals surface area contributed by atoms with Gasteiger partial charge in [-0.3, -0.25) is 4.99 Å². The van der Waals surface area contributed by atoms with E-state index < -0.39 is 0 Å². The molecule has 0 aliphatic carbocycles. The number of guanidine groups is 1. The van der Waals surface area contributed by atoms with Crippen molar-refractivity contribution < 1.29 is 4.52 Å². The molecule has 0 unspecified atom stereocenters. The minimum Gasteiger partial charge on any atom is -0.357 e. The topological polar surface area (TPSA) is 75.3 Å². The van der Waals surface area contributed by atoms with Crippen molar-refractivity contribution in [1.82, 2.24) is 20.8 Å². The fraction of sp³-hybridized carbons (Fsp3) is 0.348. The Morgan fingerprint density at radius 3 is 2.17 bits per heavy atom. The molecule has 0 bridgehead atoms. The number of halogens is 1. The van der Waals surface area contributed by atoms with Gasteiger partial charge in [0.15, 0.2) is 11.8 Å². The van der Waals surface area contributed by atoms with E-state index in [1.165, 1.54) is 11.1 Å². The summed E-state index contributed by atoms with van der Waals surface area (Å²) in [5.74, 6) is 2.43. The summed E-state index contributed by atoms with van der Waals surface area (Å²) in [6.07, 6.45) is 1.61. The van der Waals surface area contributed by atoms with E-state index in [2.05, 4.69) is 88.4 Å². The van der Waals surface area contributed by atoms with E-state index in [-0.39, 0.29) is 24.0 Å². The molecular formula is C23H30IN5O. The van der Waals surface area contributed by atoms with E-state index in [4.69, 9.17) is 9.52 Å². The van der Waals surface area contributed by atoms with Gasteiger partial charge in [-0.05, 0) is 31.4 Å². The molecule has 30 heavy (non-hydrogen) atoms. The lowest BCUT2D eigenvalue weighted by Gasteiger charge is -2.18. The first-order valence-corrected chi connectivity index (χ1v) is 10.2. The number of aliphatic imine (C=N–C) groups is 1. The molecule has 0 amide bonds. The van der Waals surface area contributed by atoms with Gasteiger partial charge in [0.1, 0.15) is 0 Å². The van der Waals surface area contributed by atoms with Crippen molar-refractivity contribution in [3.63, 3.8) is 0 Å². The summed E-state index contributed by atoms with van der Waals surface area (Å²) >= 11 is 0. The predicted octanol–water partition coefficient (Wildman–Crippen LogP) is 4.32. The Morgan fingerprint density at radius 1 is 1.00 bits per heavy atom. The maximum Gasteiger partial charge on any atom is 0.228 e. The summed E-state index contributed by atoms with van der Waals surface area (Å²) < 4.78 is 5.16. The number of nitrogens with zero attached hydrogens (tertiary/aromatic N) is 3. The lowest BCUT2D eigenvalue weighted by atomic mass is 9.89. The largest absolute Gasteiger partial charge is 0.357 e. The number of aryl methyl sites for hydroxylation is 1. The zero-order chi connectivity index (χ0) is 20.3. The van der Waals surface area contributed by atoms with Crippen molar-refractivity contribution in [2.75, 3.05) is 19.6 Å². The summed E-state index contributed by atoms with van der Waals surface area (Å²) in [7, 11) is 0.